The number of hydrogen-bond acceptors (Lipinski definition) is 3. The third-order valence-electron chi connectivity index (χ3n) is 4.42. The van der Waals surface area contributed by atoms with Crippen molar-refractivity contribution in [1.29, 1.82) is 0 Å². The van der Waals surface area contributed by atoms with Crippen LogP contribution in [0.1, 0.15) is 19.7 Å². The first-order chi connectivity index (χ1) is 8.93. The average Bonchev–Trinajstić information content (AvgIpc) is 2.73. The molecule has 1 amide bonds. The molecule has 1 saturated carbocycles. The van der Waals surface area contributed by atoms with E-state index in [1.54, 1.807) is 11.1 Å². The molecule has 1 aromatic rings. The topological polar surface area (TPSA) is 75.4 Å². The summed E-state index contributed by atoms with van der Waals surface area (Å²) in [6.45, 7) is 5.52. The maximum atomic E-state index is 12.4. The summed E-state index contributed by atoms with van der Waals surface area (Å²) in [7, 11) is 0. The van der Waals surface area contributed by atoms with Gasteiger partial charge in [0.2, 0.25) is 5.91 Å². The molecule has 2 unspecified atom stereocenters. The lowest BCUT2D eigenvalue weighted by Gasteiger charge is -2.28. The molecule has 2 aliphatic rings. The van der Waals surface area contributed by atoms with E-state index in [1.807, 2.05) is 24.6 Å². The standard InChI is InChI=1S/C13H17N3O3/c1-13(2)9(10(13)12(18)19)11(17)16-6-5-15-4-3-14-8(15)7-16/h3-4,9-10H,5-7H2,1-2H3,(H,18,19). The predicted octanol–water partition coefficient (Wildman–Crippen LogP) is 0.582. The van der Waals surface area contributed by atoms with E-state index in [4.69, 9.17) is 5.11 Å². The molecule has 0 aromatic carbocycles. The van der Waals surface area contributed by atoms with E-state index in [1.165, 1.54) is 0 Å². The number of carbonyl (C=O) groups is 2. The number of fused-ring (bicyclic) bond motifs is 1. The highest BCUT2D eigenvalue weighted by molar-refractivity contribution is 5.91. The van der Waals surface area contributed by atoms with Crippen LogP contribution in [0.2, 0.25) is 0 Å². The minimum Gasteiger partial charge on any atom is -0.481 e. The zero-order valence-corrected chi connectivity index (χ0v) is 11.0. The van der Waals surface area contributed by atoms with E-state index < -0.39 is 23.2 Å². The Morgan fingerprint density at radius 1 is 1.37 bits per heavy atom. The van der Waals surface area contributed by atoms with Crippen LogP contribution in [0.25, 0.3) is 0 Å². The number of carboxylic acid groups (broad SMARTS) is 1. The number of amides is 1. The number of aromatic nitrogens is 2. The molecule has 2 atom stereocenters. The van der Waals surface area contributed by atoms with Gasteiger partial charge in [0.25, 0.3) is 0 Å². The van der Waals surface area contributed by atoms with E-state index in [2.05, 4.69) is 4.98 Å². The van der Waals surface area contributed by atoms with E-state index >= 15 is 0 Å². The molecular formula is C13H17N3O3. The summed E-state index contributed by atoms with van der Waals surface area (Å²) < 4.78 is 2.02. The summed E-state index contributed by atoms with van der Waals surface area (Å²) >= 11 is 0. The average molecular weight is 263 g/mol. The minimum atomic E-state index is -0.873. The van der Waals surface area contributed by atoms with Crippen molar-refractivity contribution in [2.45, 2.75) is 26.9 Å². The van der Waals surface area contributed by atoms with Gasteiger partial charge in [0, 0.05) is 25.5 Å². The van der Waals surface area contributed by atoms with Crippen LogP contribution in [-0.4, -0.2) is 38.0 Å². The molecule has 0 radical (unpaired) electrons. The van der Waals surface area contributed by atoms with E-state index in [-0.39, 0.29) is 5.91 Å². The molecule has 1 aromatic heterocycles. The fourth-order valence-electron chi connectivity index (χ4n) is 3.12. The second-order valence-corrected chi connectivity index (χ2v) is 5.91. The molecule has 1 aliphatic carbocycles. The van der Waals surface area contributed by atoms with Crippen molar-refractivity contribution in [3.05, 3.63) is 18.2 Å². The molecular weight excluding hydrogens is 246 g/mol. The molecule has 0 bridgehead atoms. The van der Waals surface area contributed by atoms with Gasteiger partial charge in [-0.1, -0.05) is 13.8 Å². The molecule has 1 fully saturated rings. The van der Waals surface area contributed by atoms with Crippen molar-refractivity contribution in [1.82, 2.24) is 14.5 Å². The number of carbonyl (C=O) groups excluding carboxylic acids is 1. The van der Waals surface area contributed by atoms with Crippen molar-refractivity contribution in [3.63, 3.8) is 0 Å². The maximum Gasteiger partial charge on any atom is 0.307 e. The normalized spacial score (nSPS) is 27.8. The number of nitrogens with zero attached hydrogens (tertiary/aromatic N) is 3. The molecule has 102 valence electrons. The Labute approximate surface area is 111 Å². The number of carboxylic acids is 1. The molecule has 0 saturated heterocycles. The first kappa shape index (κ1) is 12.2. The van der Waals surface area contributed by atoms with Gasteiger partial charge in [-0.25, -0.2) is 4.98 Å². The quantitative estimate of drug-likeness (QED) is 0.847. The van der Waals surface area contributed by atoms with Crippen molar-refractivity contribution in [2.24, 2.45) is 17.3 Å². The van der Waals surface area contributed by atoms with Crippen molar-refractivity contribution >= 4 is 11.9 Å². The number of imidazole rings is 1. The van der Waals surface area contributed by atoms with Gasteiger partial charge in [0.05, 0.1) is 18.4 Å². The Kier molecular flexibility index (Phi) is 2.45. The van der Waals surface area contributed by atoms with E-state index in [9.17, 15) is 9.59 Å². The van der Waals surface area contributed by atoms with Gasteiger partial charge in [-0.05, 0) is 5.41 Å². The van der Waals surface area contributed by atoms with Gasteiger partial charge in [0.1, 0.15) is 5.82 Å². The van der Waals surface area contributed by atoms with Crippen LogP contribution in [0.15, 0.2) is 12.4 Å². The lowest BCUT2D eigenvalue weighted by molar-refractivity contribution is -0.142. The Morgan fingerprint density at radius 2 is 2.11 bits per heavy atom. The molecule has 1 aliphatic heterocycles. The van der Waals surface area contributed by atoms with Crippen LogP contribution in [0.5, 0.6) is 0 Å². The van der Waals surface area contributed by atoms with Gasteiger partial charge in [-0.15, -0.1) is 0 Å². The largest absolute Gasteiger partial charge is 0.481 e. The SMILES string of the molecule is CC1(C)C(C(=O)O)C1C(=O)N1CCn2ccnc2C1. The smallest absolute Gasteiger partial charge is 0.307 e. The third-order valence-corrected chi connectivity index (χ3v) is 4.42. The summed E-state index contributed by atoms with van der Waals surface area (Å²) in [6.07, 6.45) is 3.63. The van der Waals surface area contributed by atoms with Gasteiger partial charge in [-0.3, -0.25) is 9.59 Å². The zero-order valence-electron chi connectivity index (χ0n) is 11.0. The highest BCUT2D eigenvalue weighted by Crippen LogP contribution is 2.59. The molecule has 3 rings (SSSR count). The lowest BCUT2D eigenvalue weighted by Crippen LogP contribution is -2.40. The molecule has 6 heteroatoms. The first-order valence-corrected chi connectivity index (χ1v) is 6.44. The van der Waals surface area contributed by atoms with Crippen LogP contribution >= 0.6 is 0 Å². The number of rotatable bonds is 2. The number of aliphatic carboxylic acids is 1. The molecule has 2 heterocycles. The molecule has 0 spiro atoms. The summed E-state index contributed by atoms with van der Waals surface area (Å²) in [4.78, 5) is 29.5. The third kappa shape index (κ3) is 1.74. The number of hydrogen-bond donors (Lipinski definition) is 1. The van der Waals surface area contributed by atoms with Gasteiger partial charge in [-0.2, -0.15) is 0 Å². The highest BCUT2D eigenvalue weighted by atomic mass is 16.4. The van der Waals surface area contributed by atoms with Crippen molar-refractivity contribution in [2.75, 3.05) is 6.54 Å². The second-order valence-electron chi connectivity index (χ2n) is 5.91. The second kappa shape index (κ2) is 3.82. The first-order valence-electron chi connectivity index (χ1n) is 6.44. The summed E-state index contributed by atoms with van der Waals surface area (Å²) in [6, 6.07) is 0. The van der Waals surface area contributed by atoms with Crippen LogP contribution in [0.4, 0.5) is 0 Å². The molecule has 6 nitrogen and oxygen atoms in total. The van der Waals surface area contributed by atoms with Gasteiger partial charge < -0.3 is 14.6 Å². The monoisotopic (exact) mass is 263 g/mol. The summed E-state index contributed by atoms with van der Waals surface area (Å²) in [5.74, 6) is -1.01. The van der Waals surface area contributed by atoms with E-state index in [0.29, 0.717) is 13.1 Å². The van der Waals surface area contributed by atoms with Crippen LogP contribution in [-0.2, 0) is 22.7 Å². The predicted molar refractivity (Wildman–Crippen MR) is 66.0 cm³/mol. The van der Waals surface area contributed by atoms with Crippen molar-refractivity contribution in [3.8, 4) is 0 Å². The van der Waals surface area contributed by atoms with Crippen molar-refractivity contribution < 1.29 is 14.7 Å². The fraction of sp³-hybridized carbons (Fsp3) is 0.615. The summed E-state index contributed by atoms with van der Waals surface area (Å²) in [5.41, 5.74) is -0.435. The summed E-state index contributed by atoms with van der Waals surface area (Å²) in [5, 5.41) is 9.14. The lowest BCUT2D eigenvalue weighted by atomic mass is 10.1. The van der Waals surface area contributed by atoms with Gasteiger partial charge in [0.15, 0.2) is 0 Å². The zero-order chi connectivity index (χ0) is 13.8. The van der Waals surface area contributed by atoms with E-state index in [0.717, 1.165) is 12.4 Å². The van der Waals surface area contributed by atoms with Crippen LogP contribution in [0.3, 0.4) is 0 Å². The van der Waals surface area contributed by atoms with Crippen LogP contribution in [0, 0.1) is 17.3 Å². The Balaban J connectivity index is 1.75. The highest BCUT2D eigenvalue weighted by Gasteiger charge is 2.66. The Hall–Kier alpha value is -1.85. The Bertz CT molecular complexity index is 549. The minimum absolute atomic E-state index is 0.0494. The van der Waals surface area contributed by atoms with Crippen LogP contribution < -0.4 is 0 Å². The Morgan fingerprint density at radius 3 is 2.74 bits per heavy atom. The fourth-order valence-corrected chi connectivity index (χ4v) is 3.12. The maximum absolute atomic E-state index is 12.4. The molecule has 1 N–H and O–H groups in total. The molecule has 19 heavy (non-hydrogen) atoms. The van der Waals surface area contributed by atoms with Gasteiger partial charge >= 0.3 is 5.97 Å².